The summed E-state index contributed by atoms with van der Waals surface area (Å²) in [7, 11) is 0. The minimum Gasteiger partial charge on any atom is -0.465 e. The Bertz CT molecular complexity index is 484. The van der Waals surface area contributed by atoms with Gasteiger partial charge >= 0.3 is 5.97 Å². The predicted octanol–water partition coefficient (Wildman–Crippen LogP) is 12.7. The molecule has 0 bridgehead atoms. The molecule has 0 aromatic rings. The highest BCUT2D eigenvalue weighted by molar-refractivity contribution is 5.72. The van der Waals surface area contributed by atoms with E-state index in [0.29, 0.717) is 6.61 Å². The minimum atomic E-state index is 0.0951. The summed E-state index contributed by atoms with van der Waals surface area (Å²) in [5, 5.41) is 0. The van der Waals surface area contributed by atoms with E-state index in [4.69, 9.17) is 4.74 Å². The molecule has 0 rings (SSSR count). The first-order valence-electron chi connectivity index (χ1n) is 17.6. The van der Waals surface area contributed by atoms with Gasteiger partial charge in [0.05, 0.1) is 12.5 Å². The number of rotatable bonds is 31. The van der Waals surface area contributed by atoms with Crippen LogP contribution in [0.3, 0.4) is 0 Å². The molecule has 2 nitrogen and oxygen atoms in total. The molecule has 1 atom stereocenters. The predicted molar refractivity (Wildman–Crippen MR) is 170 cm³/mol. The number of carbonyl (C=O) groups is 1. The fraction of sp³-hybridized carbons (Fsp3) is 0.917. The molecule has 0 amide bonds. The number of hydrogen-bond donors (Lipinski definition) is 0. The van der Waals surface area contributed by atoms with Crippen molar-refractivity contribution in [2.45, 2.75) is 201 Å². The Kier molecular flexibility index (Phi) is 31.7. The van der Waals surface area contributed by atoms with Crippen molar-refractivity contribution in [3.8, 4) is 0 Å². The lowest BCUT2D eigenvalue weighted by Crippen LogP contribution is -2.18. The average molecular weight is 535 g/mol. The molecular formula is C36H70O2. The van der Waals surface area contributed by atoms with E-state index < -0.39 is 0 Å². The summed E-state index contributed by atoms with van der Waals surface area (Å²) in [6.07, 6.45) is 40.7. The van der Waals surface area contributed by atoms with Crippen LogP contribution in [0.15, 0.2) is 12.2 Å². The molecule has 0 spiro atoms. The van der Waals surface area contributed by atoms with E-state index in [1.54, 1.807) is 0 Å². The zero-order valence-electron chi connectivity index (χ0n) is 26.6. The van der Waals surface area contributed by atoms with Crippen LogP contribution >= 0.6 is 0 Å². The molecule has 0 N–H and O–H groups in total. The number of unbranched alkanes of at least 4 members (excludes halogenated alkanes) is 22. The second-order valence-corrected chi connectivity index (χ2v) is 11.9. The molecule has 0 aliphatic carbocycles. The van der Waals surface area contributed by atoms with Gasteiger partial charge in [0.1, 0.15) is 0 Å². The normalized spacial score (nSPS) is 12.4. The Morgan fingerprint density at radius 1 is 0.474 bits per heavy atom. The first-order chi connectivity index (χ1) is 18.8. The van der Waals surface area contributed by atoms with Gasteiger partial charge in [-0.3, -0.25) is 4.79 Å². The summed E-state index contributed by atoms with van der Waals surface area (Å²) in [6, 6.07) is 0. The van der Waals surface area contributed by atoms with Gasteiger partial charge < -0.3 is 4.74 Å². The molecule has 0 aromatic heterocycles. The second-order valence-electron chi connectivity index (χ2n) is 11.9. The van der Waals surface area contributed by atoms with Gasteiger partial charge in [0, 0.05) is 0 Å². The Balaban J connectivity index is 3.94. The van der Waals surface area contributed by atoms with Crippen molar-refractivity contribution < 1.29 is 9.53 Å². The van der Waals surface area contributed by atoms with Crippen molar-refractivity contribution >= 4 is 5.97 Å². The van der Waals surface area contributed by atoms with Crippen molar-refractivity contribution in [2.24, 2.45) is 5.92 Å². The van der Waals surface area contributed by atoms with Crippen LogP contribution in [0.25, 0.3) is 0 Å². The Morgan fingerprint density at radius 2 is 0.816 bits per heavy atom. The van der Waals surface area contributed by atoms with Gasteiger partial charge in [-0.05, 0) is 44.9 Å². The zero-order valence-corrected chi connectivity index (χ0v) is 26.6. The van der Waals surface area contributed by atoms with Crippen LogP contribution in [0.5, 0.6) is 0 Å². The maximum absolute atomic E-state index is 12.8. The molecule has 0 heterocycles. The Labute approximate surface area is 240 Å². The highest BCUT2D eigenvalue weighted by Crippen LogP contribution is 2.21. The first-order valence-corrected chi connectivity index (χ1v) is 17.6. The maximum Gasteiger partial charge on any atom is 0.308 e. The van der Waals surface area contributed by atoms with Crippen LogP contribution in [0.4, 0.5) is 0 Å². The second kappa shape index (κ2) is 32.4. The van der Waals surface area contributed by atoms with Crippen LogP contribution in [-0.4, -0.2) is 12.6 Å². The van der Waals surface area contributed by atoms with E-state index in [0.717, 1.165) is 19.3 Å². The number of carbonyl (C=O) groups excluding carboxylic acids is 1. The lowest BCUT2D eigenvalue weighted by Gasteiger charge is -2.16. The zero-order chi connectivity index (χ0) is 27.8. The Hall–Kier alpha value is -0.790. The first kappa shape index (κ1) is 37.2. The highest BCUT2D eigenvalue weighted by Gasteiger charge is 2.19. The number of esters is 1. The van der Waals surface area contributed by atoms with E-state index in [1.807, 2.05) is 0 Å². The third-order valence-corrected chi connectivity index (χ3v) is 8.05. The highest BCUT2D eigenvalue weighted by atomic mass is 16.5. The van der Waals surface area contributed by atoms with Gasteiger partial charge in [-0.25, -0.2) is 0 Å². The van der Waals surface area contributed by atoms with Gasteiger partial charge in [0.2, 0.25) is 0 Å². The van der Waals surface area contributed by atoms with Gasteiger partial charge in [0.25, 0.3) is 0 Å². The molecule has 38 heavy (non-hydrogen) atoms. The molecule has 226 valence electrons. The van der Waals surface area contributed by atoms with Gasteiger partial charge in [-0.2, -0.15) is 0 Å². The van der Waals surface area contributed by atoms with Crippen molar-refractivity contribution in [1.82, 2.24) is 0 Å². The molecule has 0 aliphatic heterocycles. The lowest BCUT2D eigenvalue weighted by atomic mass is 9.94. The summed E-state index contributed by atoms with van der Waals surface area (Å²) < 4.78 is 5.76. The van der Waals surface area contributed by atoms with Crippen LogP contribution < -0.4 is 0 Å². The van der Waals surface area contributed by atoms with E-state index in [9.17, 15) is 4.79 Å². The van der Waals surface area contributed by atoms with Crippen molar-refractivity contribution in [1.29, 1.82) is 0 Å². The van der Waals surface area contributed by atoms with Crippen LogP contribution in [-0.2, 0) is 9.53 Å². The van der Waals surface area contributed by atoms with Gasteiger partial charge in [-0.1, -0.05) is 168 Å². The summed E-state index contributed by atoms with van der Waals surface area (Å²) in [5.74, 6) is 0.227. The van der Waals surface area contributed by atoms with Crippen LogP contribution in [0.2, 0.25) is 0 Å². The van der Waals surface area contributed by atoms with Crippen molar-refractivity contribution in [2.75, 3.05) is 6.61 Å². The van der Waals surface area contributed by atoms with E-state index in [-0.39, 0.29) is 11.9 Å². The largest absolute Gasteiger partial charge is 0.465 e. The molecule has 0 aliphatic rings. The summed E-state index contributed by atoms with van der Waals surface area (Å²) >= 11 is 0. The molecule has 0 radical (unpaired) electrons. The topological polar surface area (TPSA) is 26.3 Å². The molecule has 0 fully saturated rings. The van der Waals surface area contributed by atoms with Crippen LogP contribution in [0, 0.1) is 5.92 Å². The monoisotopic (exact) mass is 535 g/mol. The maximum atomic E-state index is 12.8. The summed E-state index contributed by atoms with van der Waals surface area (Å²) in [6.45, 7) is 7.45. The minimum absolute atomic E-state index is 0.0951. The molecule has 2 heteroatoms. The number of ether oxygens (including phenoxy) is 1. The quantitative estimate of drug-likeness (QED) is 0.0502. The van der Waals surface area contributed by atoms with Gasteiger partial charge in [-0.15, -0.1) is 0 Å². The molecule has 0 saturated carbocycles. The number of allylic oxidation sites excluding steroid dienone is 2. The van der Waals surface area contributed by atoms with Crippen LogP contribution in [0.1, 0.15) is 201 Å². The molecule has 1 unspecified atom stereocenters. The SMILES string of the molecule is CCCCCCCC/C=C\CCCCCCC(CCCCCCC)C(=O)OCCCCCCCCCCC. The Morgan fingerprint density at radius 3 is 1.24 bits per heavy atom. The number of hydrogen-bond acceptors (Lipinski definition) is 2. The fourth-order valence-electron chi connectivity index (χ4n) is 5.36. The summed E-state index contributed by atoms with van der Waals surface area (Å²) in [4.78, 5) is 12.8. The fourth-order valence-corrected chi connectivity index (χ4v) is 5.36. The smallest absolute Gasteiger partial charge is 0.308 e. The summed E-state index contributed by atoms with van der Waals surface area (Å²) in [5.41, 5.74) is 0. The van der Waals surface area contributed by atoms with Crippen molar-refractivity contribution in [3.63, 3.8) is 0 Å². The van der Waals surface area contributed by atoms with E-state index in [2.05, 4.69) is 32.9 Å². The van der Waals surface area contributed by atoms with Crippen molar-refractivity contribution in [3.05, 3.63) is 12.2 Å². The van der Waals surface area contributed by atoms with E-state index in [1.165, 1.54) is 161 Å². The molecule has 0 aromatic carbocycles. The standard InChI is InChI=1S/C36H70O2/c1-4-7-10-13-15-17-18-19-20-21-22-24-27-30-33-35(32-29-26-12-9-6-3)36(37)38-34-31-28-25-23-16-14-11-8-5-2/h19-20,35H,4-18,21-34H2,1-3H3/b20-19-. The van der Waals surface area contributed by atoms with E-state index >= 15 is 0 Å². The third kappa shape index (κ3) is 28.2. The lowest BCUT2D eigenvalue weighted by molar-refractivity contribution is -0.149. The molecule has 0 saturated heterocycles. The molecular weight excluding hydrogens is 464 g/mol. The third-order valence-electron chi connectivity index (χ3n) is 8.05. The van der Waals surface area contributed by atoms with Gasteiger partial charge in [0.15, 0.2) is 0 Å². The average Bonchev–Trinajstić information content (AvgIpc) is 2.92.